The van der Waals surface area contributed by atoms with Crippen LogP contribution in [0.25, 0.3) is 0 Å². The molecule has 3 N–H and O–H groups in total. The Labute approximate surface area is 119 Å². The van der Waals surface area contributed by atoms with Crippen molar-refractivity contribution < 1.29 is 0 Å². The van der Waals surface area contributed by atoms with Gasteiger partial charge in [0.05, 0.1) is 5.41 Å². The van der Waals surface area contributed by atoms with E-state index in [4.69, 9.17) is 0 Å². The monoisotopic (exact) mass is 259 g/mol. The van der Waals surface area contributed by atoms with Crippen molar-refractivity contribution in [3.63, 3.8) is 0 Å². The van der Waals surface area contributed by atoms with Crippen LogP contribution in [0.3, 0.4) is 0 Å². The standard InChI is InChI=1S/C19H14.H3N/c1-3-8-15(9-4-1)19(16-10-5-2-6-11-16)17-12-7-13-18(19)14-17;/h1-14H;1H3. The minimum Gasteiger partial charge on any atom is -0.344 e. The summed E-state index contributed by atoms with van der Waals surface area (Å²) >= 11 is 0. The van der Waals surface area contributed by atoms with Gasteiger partial charge in [-0.3, -0.25) is 0 Å². The highest BCUT2D eigenvalue weighted by molar-refractivity contribution is 5.66. The maximum Gasteiger partial charge on any atom is 0.0701 e. The molecule has 3 aromatic carbocycles. The van der Waals surface area contributed by atoms with E-state index in [9.17, 15) is 0 Å². The highest BCUT2D eigenvalue weighted by Gasteiger charge is 2.44. The Balaban J connectivity index is 0.00000121. The lowest BCUT2D eigenvalue weighted by Gasteiger charge is -2.43. The molecule has 2 bridgehead atoms. The van der Waals surface area contributed by atoms with E-state index in [0.29, 0.717) is 0 Å². The zero-order valence-corrected chi connectivity index (χ0v) is 11.3. The van der Waals surface area contributed by atoms with Crippen LogP contribution in [0.4, 0.5) is 0 Å². The Morgan fingerprint density at radius 1 is 0.450 bits per heavy atom. The van der Waals surface area contributed by atoms with Crippen LogP contribution in [0.2, 0.25) is 0 Å². The summed E-state index contributed by atoms with van der Waals surface area (Å²) in [5.41, 5.74) is 5.45. The minimum atomic E-state index is -0.0444. The maximum absolute atomic E-state index is 2.29. The van der Waals surface area contributed by atoms with Crippen molar-refractivity contribution in [2.75, 3.05) is 0 Å². The van der Waals surface area contributed by atoms with Crippen LogP contribution in [-0.4, -0.2) is 0 Å². The fourth-order valence-electron chi connectivity index (χ4n) is 3.28. The van der Waals surface area contributed by atoms with Crippen molar-refractivity contribution in [2.24, 2.45) is 0 Å². The molecule has 0 amide bonds. The Kier molecular flexibility index (Phi) is 2.92. The Morgan fingerprint density at radius 2 is 0.850 bits per heavy atom. The van der Waals surface area contributed by atoms with Crippen molar-refractivity contribution in [3.8, 4) is 0 Å². The molecule has 0 aromatic heterocycles. The lowest BCUT2D eigenvalue weighted by molar-refractivity contribution is 0.693. The van der Waals surface area contributed by atoms with E-state index >= 15 is 0 Å². The first kappa shape index (κ1) is 12.6. The molecule has 1 heteroatoms. The molecule has 5 rings (SSSR count). The van der Waals surface area contributed by atoms with E-state index in [1.54, 1.807) is 0 Å². The van der Waals surface area contributed by atoms with E-state index in [1.165, 1.54) is 22.3 Å². The zero-order valence-electron chi connectivity index (χ0n) is 11.3. The molecule has 0 unspecified atom stereocenters. The first-order chi connectivity index (χ1) is 9.42. The van der Waals surface area contributed by atoms with E-state index in [-0.39, 0.29) is 11.6 Å². The van der Waals surface area contributed by atoms with Gasteiger partial charge in [-0.1, -0.05) is 84.9 Å². The van der Waals surface area contributed by atoms with Gasteiger partial charge in [0, 0.05) is 0 Å². The highest BCUT2D eigenvalue weighted by atomic mass is 14.4. The van der Waals surface area contributed by atoms with Crippen molar-refractivity contribution in [1.82, 2.24) is 6.15 Å². The number of hydrogen-bond donors (Lipinski definition) is 1. The number of benzene rings is 3. The molecular weight excluding hydrogens is 242 g/mol. The lowest BCUT2D eigenvalue weighted by atomic mass is 9.58. The molecule has 0 fully saturated rings. The normalized spacial score (nSPS) is 14.0. The van der Waals surface area contributed by atoms with Crippen molar-refractivity contribution in [2.45, 2.75) is 5.41 Å². The molecule has 0 saturated carbocycles. The predicted octanol–water partition coefficient (Wildman–Crippen LogP) is 4.54. The summed E-state index contributed by atoms with van der Waals surface area (Å²) in [5.74, 6) is 0. The van der Waals surface area contributed by atoms with Gasteiger partial charge in [-0.15, -0.1) is 0 Å². The molecule has 0 atom stereocenters. The van der Waals surface area contributed by atoms with Crippen molar-refractivity contribution in [3.05, 3.63) is 107 Å². The first-order valence-electron chi connectivity index (χ1n) is 6.64. The third-order valence-electron chi connectivity index (χ3n) is 4.14. The molecule has 2 aliphatic carbocycles. The van der Waals surface area contributed by atoms with Crippen molar-refractivity contribution in [1.29, 1.82) is 0 Å². The van der Waals surface area contributed by atoms with Gasteiger partial charge >= 0.3 is 0 Å². The predicted molar refractivity (Wildman–Crippen MR) is 83.3 cm³/mol. The van der Waals surface area contributed by atoms with Crippen LogP contribution in [-0.2, 0) is 5.41 Å². The Bertz CT molecular complexity index is 649. The van der Waals surface area contributed by atoms with Gasteiger partial charge < -0.3 is 6.15 Å². The fourth-order valence-corrected chi connectivity index (χ4v) is 3.28. The number of fused-ring (bicyclic) bond motifs is 2. The van der Waals surface area contributed by atoms with Crippen LogP contribution in [0.15, 0.2) is 84.9 Å². The molecule has 0 heterocycles. The minimum absolute atomic E-state index is 0. The summed E-state index contributed by atoms with van der Waals surface area (Å²) in [6, 6.07) is 30.5. The first-order valence-corrected chi connectivity index (χ1v) is 6.64. The van der Waals surface area contributed by atoms with Gasteiger partial charge in [0.2, 0.25) is 0 Å². The van der Waals surface area contributed by atoms with Crippen LogP contribution in [0, 0.1) is 0 Å². The molecule has 0 spiro atoms. The van der Waals surface area contributed by atoms with Gasteiger partial charge in [0.1, 0.15) is 0 Å². The third-order valence-corrected chi connectivity index (χ3v) is 4.14. The highest BCUT2D eigenvalue weighted by Crippen LogP contribution is 2.51. The molecule has 0 aliphatic heterocycles. The molecule has 2 aliphatic rings. The van der Waals surface area contributed by atoms with Crippen LogP contribution < -0.4 is 6.15 Å². The van der Waals surface area contributed by atoms with Gasteiger partial charge in [-0.2, -0.15) is 0 Å². The average molecular weight is 259 g/mol. The molecule has 98 valence electrons. The molecule has 0 saturated heterocycles. The molecule has 1 nitrogen and oxygen atoms in total. The van der Waals surface area contributed by atoms with E-state index < -0.39 is 0 Å². The number of rotatable bonds is 2. The van der Waals surface area contributed by atoms with E-state index in [0.717, 1.165) is 0 Å². The fraction of sp³-hybridized carbons (Fsp3) is 0.0526. The average Bonchev–Trinajstić information content (AvgIpc) is 2.51. The second kappa shape index (κ2) is 4.62. The second-order valence-electron chi connectivity index (χ2n) is 5.06. The Hall–Kier alpha value is -2.38. The SMILES string of the molecule is C1=CC2=CC(=C1)C2(c1ccccc1)c1ccccc1.N. The molecule has 0 radical (unpaired) electrons. The molecule has 20 heavy (non-hydrogen) atoms. The van der Waals surface area contributed by atoms with Crippen molar-refractivity contribution >= 4 is 0 Å². The largest absolute Gasteiger partial charge is 0.344 e. The quantitative estimate of drug-likeness (QED) is 0.563. The smallest absolute Gasteiger partial charge is 0.0701 e. The summed E-state index contributed by atoms with van der Waals surface area (Å²) in [5, 5.41) is 0. The lowest BCUT2D eigenvalue weighted by Crippen LogP contribution is -2.37. The summed E-state index contributed by atoms with van der Waals surface area (Å²) in [4.78, 5) is 0. The second-order valence-corrected chi connectivity index (χ2v) is 5.06. The van der Waals surface area contributed by atoms with Crippen LogP contribution >= 0.6 is 0 Å². The van der Waals surface area contributed by atoms with Crippen LogP contribution in [0.5, 0.6) is 0 Å². The summed E-state index contributed by atoms with van der Waals surface area (Å²) in [6.07, 6.45) is 0. The summed E-state index contributed by atoms with van der Waals surface area (Å²) < 4.78 is 0. The van der Waals surface area contributed by atoms with Gasteiger partial charge in [-0.25, -0.2) is 0 Å². The van der Waals surface area contributed by atoms with Gasteiger partial charge in [0.15, 0.2) is 0 Å². The summed E-state index contributed by atoms with van der Waals surface area (Å²) in [6.45, 7) is 0. The summed E-state index contributed by atoms with van der Waals surface area (Å²) in [7, 11) is 0. The third kappa shape index (κ3) is 1.47. The maximum atomic E-state index is 2.29. The van der Waals surface area contributed by atoms with E-state index in [2.05, 4.69) is 84.9 Å². The topological polar surface area (TPSA) is 35.0 Å². The molecule has 3 aromatic rings. The van der Waals surface area contributed by atoms with E-state index in [1.807, 2.05) is 0 Å². The Morgan fingerprint density at radius 3 is 1.25 bits per heavy atom. The number of hydrogen-bond acceptors (Lipinski definition) is 1. The van der Waals surface area contributed by atoms with Gasteiger partial charge in [0.25, 0.3) is 0 Å². The van der Waals surface area contributed by atoms with Crippen LogP contribution in [0.1, 0.15) is 22.3 Å². The molecular formula is C19H17N. The van der Waals surface area contributed by atoms with Gasteiger partial charge in [-0.05, 0) is 22.3 Å². The zero-order chi connectivity index (χ0) is 12.7.